The first-order valence-electron chi connectivity index (χ1n) is 12.5. The minimum atomic E-state index is 0.771. The molecule has 0 fully saturated rings. The van der Waals surface area contributed by atoms with Crippen molar-refractivity contribution in [3.8, 4) is 0 Å². The highest BCUT2D eigenvalue weighted by Gasteiger charge is 2.15. The Bertz CT molecular complexity index is 238. The van der Waals surface area contributed by atoms with E-state index < -0.39 is 0 Å². The van der Waals surface area contributed by atoms with Crippen molar-refractivity contribution in [3.63, 3.8) is 0 Å². The van der Waals surface area contributed by atoms with Crippen molar-refractivity contribution in [2.75, 3.05) is 26.2 Å². The Balaban J connectivity index is 4.33. The van der Waals surface area contributed by atoms with Crippen LogP contribution in [0.5, 0.6) is 0 Å². The zero-order valence-corrected chi connectivity index (χ0v) is 21.3. The zero-order valence-electron chi connectivity index (χ0n) is 19.7. The van der Waals surface area contributed by atoms with Crippen molar-refractivity contribution in [3.05, 3.63) is 0 Å². The van der Waals surface area contributed by atoms with Gasteiger partial charge in [0, 0.05) is 23.6 Å². The van der Waals surface area contributed by atoms with Crippen LogP contribution in [0.3, 0.4) is 0 Å². The van der Waals surface area contributed by atoms with Gasteiger partial charge in [0.15, 0.2) is 0 Å². The topological polar surface area (TPSA) is 24.1 Å². The van der Waals surface area contributed by atoms with E-state index in [1.165, 1.54) is 116 Å². The first-order valence-corrected chi connectivity index (χ1v) is 14.8. The molecule has 0 saturated carbocycles. The van der Waals surface area contributed by atoms with Gasteiger partial charge in [0.05, 0.1) is 0 Å². The first-order chi connectivity index (χ1) is 13.8. The summed E-state index contributed by atoms with van der Waals surface area (Å²) < 4.78 is 0. The van der Waals surface area contributed by atoms with Crippen LogP contribution in [-0.2, 0) is 0 Å². The van der Waals surface area contributed by atoms with Crippen LogP contribution in [0.1, 0.15) is 118 Å². The van der Waals surface area contributed by atoms with Gasteiger partial charge >= 0.3 is 0 Å². The molecule has 2 N–H and O–H groups in total. The predicted molar refractivity (Wildman–Crippen MR) is 136 cm³/mol. The van der Waals surface area contributed by atoms with Gasteiger partial charge in [-0.2, -0.15) is 0 Å². The van der Waals surface area contributed by atoms with Crippen molar-refractivity contribution >= 4 is 21.6 Å². The Hall–Kier alpha value is 0.620. The highest BCUT2D eigenvalue weighted by molar-refractivity contribution is 8.77. The molecule has 2 atom stereocenters. The van der Waals surface area contributed by atoms with Crippen molar-refractivity contribution in [1.29, 1.82) is 0 Å². The third-order valence-corrected chi connectivity index (χ3v) is 8.67. The van der Waals surface area contributed by atoms with Crippen molar-refractivity contribution in [1.82, 2.24) is 10.6 Å². The molecule has 2 unspecified atom stereocenters. The predicted octanol–water partition coefficient (Wildman–Crippen LogP) is 7.83. The number of rotatable bonds is 23. The maximum atomic E-state index is 3.72. The van der Waals surface area contributed by atoms with Crippen molar-refractivity contribution < 1.29 is 0 Å². The second-order valence-electron chi connectivity index (χ2n) is 8.25. The Morgan fingerprint density at radius 2 is 0.893 bits per heavy atom. The van der Waals surface area contributed by atoms with Gasteiger partial charge in [0.2, 0.25) is 0 Å². The van der Waals surface area contributed by atoms with Crippen LogP contribution in [0.2, 0.25) is 0 Å². The average molecular weight is 433 g/mol. The maximum Gasteiger partial charge on any atom is 0.0276 e. The summed E-state index contributed by atoms with van der Waals surface area (Å²) in [6.07, 6.45) is 19.0. The molecule has 0 aromatic rings. The summed E-state index contributed by atoms with van der Waals surface area (Å²) in [5.74, 6) is 0. The molecule has 0 aliphatic carbocycles. The van der Waals surface area contributed by atoms with E-state index in [4.69, 9.17) is 0 Å². The minimum absolute atomic E-state index is 0.771. The average Bonchev–Trinajstić information content (AvgIpc) is 2.71. The van der Waals surface area contributed by atoms with Crippen LogP contribution in [0.15, 0.2) is 0 Å². The summed E-state index contributed by atoms with van der Waals surface area (Å²) in [7, 11) is 4.37. The molecule has 0 spiro atoms. The van der Waals surface area contributed by atoms with Gasteiger partial charge in [-0.15, -0.1) is 0 Å². The van der Waals surface area contributed by atoms with Crippen LogP contribution >= 0.6 is 21.6 Å². The molecular formula is C24H52N2S2. The van der Waals surface area contributed by atoms with E-state index >= 15 is 0 Å². The van der Waals surface area contributed by atoms with Crippen molar-refractivity contribution in [2.45, 2.75) is 128 Å². The second kappa shape index (κ2) is 23.9. The quantitative estimate of drug-likeness (QED) is 0.127. The number of nitrogens with one attached hydrogen (secondary N) is 2. The van der Waals surface area contributed by atoms with Gasteiger partial charge in [0.25, 0.3) is 0 Å². The molecule has 28 heavy (non-hydrogen) atoms. The van der Waals surface area contributed by atoms with Gasteiger partial charge in [-0.25, -0.2) is 0 Å². The number of unbranched alkanes of at least 4 members (excludes halogenated alkanes) is 8. The van der Waals surface area contributed by atoms with E-state index in [0.717, 1.165) is 10.5 Å². The lowest BCUT2D eigenvalue weighted by Crippen LogP contribution is -2.27. The minimum Gasteiger partial charge on any atom is -0.316 e. The summed E-state index contributed by atoms with van der Waals surface area (Å²) in [5.41, 5.74) is 0. The number of hydrogen-bond acceptors (Lipinski definition) is 4. The van der Waals surface area contributed by atoms with Crippen LogP contribution in [0.25, 0.3) is 0 Å². The van der Waals surface area contributed by atoms with Crippen LogP contribution in [0.4, 0.5) is 0 Å². The molecule has 0 radical (unpaired) electrons. The van der Waals surface area contributed by atoms with E-state index in [-0.39, 0.29) is 0 Å². The largest absolute Gasteiger partial charge is 0.316 e. The molecule has 0 bridgehead atoms. The monoisotopic (exact) mass is 432 g/mol. The SMILES string of the molecule is CCCCCCC(CNCCCC)SSC(CCCCCC)CNCCCC. The van der Waals surface area contributed by atoms with Gasteiger partial charge in [-0.1, -0.05) is 113 Å². The Labute approximate surface area is 186 Å². The maximum absolute atomic E-state index is 3.72. The summed E-state index contributed by atoms with van der Waals surface area (Å²) in [6.45, 7) is 13.9. The molecule has 0 aliphatic rings. The fraction of sp³-hybridized carbons (Fsp3) is 1.00. The van der Waals surface area contributed by atoms with Gasteiger partial charge in [-0.05, 0) is 38.8 Å². The summed E-state index contributed by atoms with van der Waals surface area (Å²) in [5, 5.41) is 8.98. The summed E-state index contributed by atoms with van der Waals surface area (Å²) in [6, 6.07) is 0. The Morgan fingerprint density at radius 3 is 1.25 bits per heavy atom. The number of hydrogen-bond donors (Lipinski definition) is 2. The Morgan fingerprint density at radius 1 is 0.500 bits per heavy atom. The fourth-order valence-electron chi connectivity index (χ4n) is 3.25. The van der Waals surface area contributed by atoms with Crippen LogP contribution in [-0.4, -0.2) is 36.7 Å². The lowest BCUT2D eigenvalue weighted by atomic mass is 10.1. The first kappa shape index (κ1) is 28.6. The smallest absolute Gasteiger partial charge is 0.0276 e. The molecule has 0 saturated heterocycles. The standard InChI is InChI=1S/C24H52N2S2/c1-5-9-13-15-17-23(21-25-19-11-7-3)27-28-24(18-16-14-10-6-2)22-26-20-12-8-4/h23-26H,5-22H2,1-4H3. The molecule has 0 amide bonds. The molecule has 4 heteroatoms. The Kier molecular flexibility index (Phi) is 24.4. The second-order valence-corrected chi connectivity index (χ2v) is 11.1. The molecule has 0 aliphatic heterocycles. The lowest BCUT2D eigenvalue weighted by Gasteiger charge is -2.22. The molecule has 2 nitrogen and oxygen atoms in total. The van der Waals surface area contributed by atoms with Crippen molar-refractivity contribution in [2.24, 2.45) is 0 Å². The van der Waals surface area contributed by atoms with Crippen LogP contribution < -0.4 is 10.6 Å². The molecule has 0 heterocycles. The summed E-state index contributed by atoms with van der Waals surface area (Å²) >= 11 is 0. The van der Waals surface area contributed by atoms with Gasteiger partial charge < -0.3 is 10.6 Å². The van der Waals surface area contributed by atoms with E-state index in [1.807, 2.05) is 0 Å². The molecule has 170 valence electrons. The molecular weight excluding hydrogens is 380 g/mol. The third-order valence-electron chi connectivity index (χ3n) is 5.25. The molecule has 0 rings (SSSR count). The highest BCUT2D eigenvalue weighted by atomic mass is 33.1. The highest BCUT2D eigenvalue weighted by Crippen LogP contribution is 2.35. The normalized spacial score (nSPS) is 13.7. The lowest BCUT2D eigenvalue weighted by molar-refractivity contribution is 0.571. The van der Waals surface area contributed by atoms with Crippen LogP contribution in [0, 0.1) is 0 Å². The van der Waals surface area contributed by atoms with E-state index in [0.29, 0.717) is 0 Å². The third kappa shape index (κ3) is 19.9. The zero-order chi connectivity index (χ0) is 20.7. The van der Waals surface area contributed by atoms with E-state index in [2.05, 4.69) is 59.9 Å². The fourth-order valence-corrected chi connectivity index (χ4v) is 6.39. The molecule has 0 aromatic carbocycles. The molecule has 0 aromatic heterocycles. The van der Waals surface area contributed by atoms with E-state index in [9.17, 15) is 0 Å². The summed E-state index contributed by atoms with van der Waals surface area (Å²) in [4.78, 5) is 0. The van der Waals surface area contributed by atoms with E-state index in [1.54, 1.807) is 0 Å². The van der Waals surface area contributed by atoms with Gasteiger partial charge in [0.1, 0.15) is 0 Å². The van der Waals surface area contributed by atoms with Gasteiger partial charge in [-0.3, -0.25) is 0 Å².